The van der Waals surface area contributed by atoms with Crippen LogP contribution in [-0.4, -0.2) is 27.2 Å². The number of carboxylic acid groups (broad SMARTS) is 1. The Bertz CT molecular complexity index is 1440. The van der Waals surface area contributed by atoms with Crippen LogP contribution in [0.15, 0.2) is 97.1 Å². The Labute approximate surface area is 196 Å². The van der Waals surface area contributed by atoms with Gasteiger partial charge in [-0.2, -0.15) is 0 Å². The molecule has 0 aliphatic heterocycles. The van der Waals surface area contributed by atoms with E-state index in [2.05, 4.69) is 47.9 Å². The van der Waals surface area contributed by atoms with Crippen molar-refractivity contribution >= 4 is 17.0 Å². The summed E-state index contributed by atoms with van der Waals surface area (Å²) in [5, 5.41) is 8.75. The van der Waals surface area contributed by atoms with Crippen LogP contribution in [0, 0.1) is 6.92 Å². The fourth-order valence-electron chi connectivity index (χ4n) is 3.74. The summed E-state index contributed by atoms with van der Waals surface area (Å²) >= 11 is 0. The van der Waals surface area contributed by atoms with Gasteiger partial charge in [0.1, 0.15) is 23.1 Å². The molecular formula is C28H22N2O4. The van der Waals surface area contributed by atoms with Crippen molar-refractivity contribution in [2.45, 2.75) is 6.92 Å². The minimum atomic E-state index is -1.02. The monoisotopic (exact) mass is 450 g/mol. The van der Waals surface area contributed by atoms with Gasteiger partial charge in [-0.25, -0.2) is 9.78 Å². The summed E-state index contributed by atoms with van der Waals surface area (Å²) in [5.41, 5.74) is 5.03. The number of hydrogen-bond acceptors (Lipinski definition) is 4. The zero-order valence-electron chi connectivity index (χ0n) is 18.5. The van der Waals surface area contributed by atoms with Gasteiger partial charge in [0.25, 0.3) is 0 Å². The van der Waals surface area contributed by atoms with Gasteiger partial charge in [-0.15, -0.1) is 0 Å². The van der Waals surface area contributed by atoms with Gasteiger partial charge in [0.15, 0.2) is 6.61 Å². The van der Waals surface area contributed by atoms with Gasteiger partial charge in [0.05, 0.1) is 11.0 Å². The summed E-state index contributed by atoms with van der Waals surface area (Å²) in [4.78, 5) is 15.6. The molecule has 0 saturated heterocycles. The van der Waals surface area contributed by atoms with E-state index in [1.807, 2.05) is 36.4 Å². The molecular weight excluding hydrogens is 428 g/mol. The summed E-state index contributed by atoms with van der Waals surface area (Å²) < 4.78 is 13.4. The summed E-state index contributed by atoms with van der Waals surface area (Å²) in [7, 11) is 0. The van der Waals surface area contributed by atoms with Crippen LogP contribution >= 0.6 is 0 Å². The van der Waals surface area contributed by atoms with Gasteiger partial charge in [0.2, 0.25) is 0 Å². The molecule has 0 unspecified atom stereocenters. The van der Waals surface area contributed by atoms with E-state index in [0.29, 0.717) is 17.2 Å². The zero-order chi connectivity index (χ0) is 23.5. The number of aliphatic carboxylic acids is 1. The normalized spacial score (nSPS) is 10.9. The molecule has 4 aromatic carbocycles. The Morgan fingerprint density at radius 1 is 0.853 bits per heavy atom. The number of hydrogen-bond donors (Lipinski definition) is 1. The maximum Gasteiger partial charge on any atom is 0.341 e. The lowest BCUT2D eigenvalue weighted by Gasteiger charge is -2.11. The summed E-state index contributed by atoms with van der Waals surface area (Å²) in [6.07, 6.45) is 0. The quantitative estimate of drug-likeness (QED) is 0.317. The highest BCUT2D eigenvalue weighted by atomic mass is 16.5. The predicted molar refractivity (Wildman–Crippen MR) is 131 cm³/mol. The first-order chi connectivity index (χ1) is 16.6. The molecule has 5 aromatic rings. The topological polar surface area (TPSA) is 73.6 Å². The van der Waals surface area contributed by atoms with E-state index >= 15 is 0 Å². The van der Waals surface area contributed by atoms with Crippen molar-refractivity contribution in [3.63, 3.8) is 0 Å². The molecule has 168 valence electrons. The van der Waals surface area contributed by atoms with Crippen molar-refractivity contribution < 1.29 is 19.4 Å². The van der Waals surface area contributed by atoms with Crippen LogP contribution in [0.3, 0.4) is 0 Å². The number of benzene rings is 4. The molecule has 0 aliphatic carbocycles. The first-order valence-corrected chi connectivity index (χ1v) is 10.8. The van der Waals surface area contributed by atoms with Crippen molar-refractivity contribution in [2.75, 3.05) is 6.61 Å². The van der Waals surface area contributed by atoms with E-state index in [1.165, 1.54) is 5.56 Å². The van der Waals surface area contributed by atoms with E-state index in [9.17, 15) is 4.79 Å². The molecule has 6 nitrogen and oxygen atoms in total. The molecule has 0 amide bonds. The van der Waals surface area contributed by atoms with Crippen LogP contribution in [0.25, 0.3) is 28.1 Å². The molecule has 1 N–H and O–H groups in total. The van der Waals surface area contributed by atoms with Gasteiger partial charge in [0, 0.05) is 17.3 Å². The largest absolute Gasteiger partial charge is 0.482 e. The van der Waals surface area contributed by atoms with Crippen molar-refractivity contribution in [1.29, 1.82) is 0 Å². The predicted octanol–water partition coefficient (Wildman–Crippen LogP) is 6.26. The maximum absolute atomic E-state index is 10.7. The van der Waals surface area contributed by atoms with E-state index in [1.54, 1.807) is 24.3 Å². The molecule has 0 spiro atoms. The second kappa shape index (κ2) is 9.11. The zero-order valence-corrected chi connectivity index (χ0v) is 18.5. The molecule has 1 aromatic heterocycles. The summed E-state index contributed by atoms with van der Waals surface area (Å²) in [5.74, 6) is 1.59. The highest BCUT2D eigenvalue weighted by molar-refractivity contribution is 5.84. The first kappa shape index (κ1) is 21.3. The summed E-state index contributed by atoms with van der Waals surface area (Å²) in [6.45, 7) is 1.68. The highest BCUT2D eigenvalue weighted by Crippen LogP contribution is 2.32. The maximum atomic E-state index is 10.7. The lowest BCUT2D eigenvalue weighted by atomic mass is 10.2. The van der Waals surface area contributed by atoms with Crippen LogP contribution in [-0.2, 0) is 4.79 Å². The number of carbonyl (C=O) groups is 1. The molecule has 0 bridgehead atoms. The van der Waals surface area contributed by atoms with Crippen LogP contribution < -0.4 is 9.47 Å². The number of imidazole rings is 1. The Morgan fingerprint density at radius 3 is 2.24 bits per heavy atom. The lowest BCUT2D eigenvalue weighted by Crippen LogP contribution is -2.09. The number of fused-ring (bicyclic) bond motifs is 1. The molecule has 1 heterocycles. The van der Waals surface area contributed by atoms with Crippen molar-refractivity contribution in [3.8, 4) is 34.3 Å². The fraction of sp³-hybridized carbons (Fsp3) is 0.0714. The van der Waals surface area contributed by atoms with Crippen LogP contribution in [0.1, 0.15) is 5.56 Å². The molecule has 34 heavy (non-hydrogen) atoms. The first-order valence-electron chi connectivity index (χ1n) is 10.8. The Kier molecular flexibility index (Phi) is 5.70. The van der Waals surface area contributed by atoms with Crippen LogP contribution in [0.5, 0.6) is 17.2 Å². The minimum Gasteiger partial charge on any atom is -0.482 e. The number of rotatable bonds is 7. The highest BCUT2D eigenvalue weighted by Gasteiger charge is 2.15. The fourth-order valence-corrected chi connectivity index (χ4v) is 3.74. The SMILES string of the molecule is Cc1ccc(-n2c(-c3ccccc3)nc3ccc(Oc4ccc(OCC(=O)O)cc4)cc32)cc1. The lowest BCUT2D eigenvalue weighted by molar-refractivity contribution is -0.139. The van der Waals surface area contributed by atoms with Crippen LogP contribution in [0.2, 0.25) is 0 Å². The minimum absolute atomic E-state index is 0.385. The second-order valence-corrected chi connectivity index (χ2v) is 7.88. The molecule has 0 radical (unpaired) electrons. The Hall–Kier alpha value is -4.58. The van der Waals surface area contributed by atoms with Gasteiger partial charge in [-0.3, -0.25) is 4.57 Å². The number of ether oxygens (including phenoxy) is 2. The second-order valence-electron chi connectivity index (χ2n) is 7.88. The van der Waals surface area contributed by atoms with E-state index in [-0.39, 0.29) is 6.61 Å². The third-order valence-corrected chi connectivity index (χ3v) is 5.37. The third kappa shape index (κ3) is 4.47. The smallest absolute Gasteiger partial charge is 0.341 e. The standard InChI is InChI=1S/C28H22N2O4/c1-19-7-9-21(10-8-19)30-26-17-24(34-23-13-11-22(12-14-23)33-18-27(31)32)15-16-25(26)29-28(30)20-5-3-2-4-6-20/h2-17H,18H2,1H3,(H,31,32). The van der Waals surface area contributed by atoms with Crippen molar-refractivity contribution in [2.24, 2.45) is 0 Å². The molecule has 0 saturated carbocycles. The Morgan fingerprint density at radius 2 is 1.53 bits per heavy atom. The van der Waals surface area contributed by atoms with Gasteiger partial charge >= 0.3 is 5.97 Å². The van der Waals surface area contributed by atoms with Gasteiger partial charge in [-0.05, 0) is 55.5 Å². The van der Waals surface area contributed by atoms with E-state index in [0.717, 1.165) is 28.1 Å². The Balaban J connectivity index is 1.52. The van der Waals surface area contributed by atoms with Crippen LogP contribution in [0.4, 0.5) is 0 Å². The number of nitrogens with zero attached hydrogens (tertiary/aromatic N) is 2. The molecule has 6 heteroatoms. The van der Waals surface area contributed by atoms with E-state index in [4.69, 9.17) is 19.6 Å². The van der Waals surface area contributed by atoms with E-state index < -0.39 is 5.97 Å². The molecule has 0 fully saturated rings. The third-order valence-electron chi connectivity index (χ3n) is 5.37. The number of carboxylic acids is 1. The van der Waals surface area contributed by atoms with Crippen molar-refractivity contribution in [1.82, 2.24) is 9.55 Å². The molecule has 0 atom stereocenters. The number of aromatic nitrogens is 2. The molecule has 0 aliphatic rings. The van der Waals surface area contributed by atoms with Gasteiger partial charge in [-0.1, -0.05) is 48.0 Å². The molecule has 5 rings (SSSR count). The van der Waals surface area contributed by atoms with Crippen molar-refractivity contribution in [3.05, 3.63) is 103 Å². The average molecular weight is 450 g/mol. The number of aryl methyl sites for hydroxylation is 1. The van der Waals surface area contributed by atoms with Gasteiger partial charge < -0.3 is 14.6 Å². The average Bonchev–Trinajstić information content (AvgIpc) is 3.23. The summed E-state index contributed by atoms with van der Waals surface area (Å²) in [6, 6.07) is 31.1.